The Morgan fingerprint density at radius 2 is 1.88 bits per heavy atom. The molecule has 0 aromatic heterocycles. The summed E-state index contributed by atoms with van der Waals surface area (Å²) in [6.45, 7) is 4.38. The Balaban J connectivity index is 1.61. The molecule has 2 fully saturated rings. The van der Waals surface area contributed by atoms with Gasteiger partial charge >= 0.3 is 0 Å². The van der Waals surface area contributed by atoms with Crippen molar-refractivity contribution in [2.45, 2.75) is 44.6 Å². The monoisotopic (exact) mass is 224 g/mol. The maximum Gasteiger partial charge on any atom is 0.188 e. The van der Waals surface area contributed by atoms with E-state index < -0.39 is 0 Å². The first-order valence-electron chi connectivity index (χ1n) is 6.63. The molecule has 0 amide bonds. The Morgan fingerprint density at radius 3 is 2.56 bits per heavy atom. The molecule has 1 aliphatic heterocycles. The second kappa shape index (κ2) is 6.09. The molecule has 4 nitrogen and oxygen atoms in total. The van der Waals surface area contributed by atoms with Gasteiger partial charge in [0.2, 0.25) is 0 Å². The third-order valence-corrected chi connectivity index (χ3v) is 3.60. The average Bonchev–Trinajstić information content (AvgIpc) is 2.90. The highest BCUT2D eigenvalue weighted by Gasteiger charge is 2.15. The van der Waals surface area contributed by atoms with Crippen molar-refractivity contribution in [1.29, 1.82) is 0 Å². The Hall–Kier alpha value is -0.770. The Labute approximate surface area is 98.3 Å². The molecular formula is C12H24N4. The van der Waals surface area contributed by atoms with Gasteiger partial charge in [-0.25, -0.2) is 0 Å². The van der Waals surface area contributed by atoms with E-state index in [1.807, 2.05) is 0 Å². The Morgan fingerprint density at radius 1 is 1.19 bits per heavy atom. The summed E-state index contributed by atoms with van der Waals surface area (Å²) in [6, 6.07) is 0.579. The van der Waals surface area contributed by atoms with E-state index in [1.54, 1.807) is 0 Å². The number of hydrogen-bond donors (Lipinski definition) is 2. The highest BCUT2D eigenvalue weighted by Crippen LogP contribution is 2.17. The second-order valence-electron chi connectivity index (χ2n) is 4.94. The van der Waals surface area contributed by atoms with Crippen LogP contribution in [-0.4, -0.2) is 43.1 Å². The summed E-state index contributed by atoms with van der Waals surface area (Å²) in [4.78, 5) is 6.86. The maximum absolute atomic E-state index is 5.86. The molecule has 3 N–H and O–H groups in total. The summed E-state index contributed by atoms with van der Waals surface area (Å²) >= 11 is 0. The van der Waals surface area contributed by atoms with Crippen LogP contribution in [0.3, 0.4) is 0 Å². The van der Waals surface area contributed by atoms with Gasteiger partial charge in [-0.05, 0) is 38.8 Å². The molecule has 0 bridgehead atoms. The number of nitrogens with one attached hydrogen (secondary N) is 1. The first-order valence-corrected chi connectivity index (χ1v) is 6.63. The topological polar surface area (TPSA) is 53.6 Å². The minimum atomic E-state index is 0.579. The number of rotatable bonds is 4. The van der Waals surface area contributed by atoms with E-state index in [1.165, 1.54) is 51.6 Å². The van der Waals surface area contributed by atoms with Crippen molar-refractivity contribution in [3.63, 3.8) is 0 Å². The third kappa shape index (κ3) is 3.67. The minimum Gasteiger partial charge on any atom is -0.370 e. The zero-order chi connectivity index (χ0) is 11.2. The van der Waals surface area contributed by atoms with Crippen LogP contribution in [-0.2, 0) is 0 Å². The van der Waals surface area contributed by atoms with Crippen molar-refractivity contribution in [3.05, 3.63) is 0 Å². The fraction of sp³-hybridized carbons (Fsp3) is 0.917. The van der Waals surface area contributed by atoms with E-state index in [4.69, 9.17) is 5.73 Å². The van der Waals surface area contributed by atoms with Crippen LogP contribution in [0.25, 0.3) is 0 Å². The van der Waals surface area contributed by atoms with Gasteiger partial charge in [-0.2, -0.15) is 0 Å². The summed E-state index contributed by atoms with van der Waals surface area (Å²) in [7, 11) is 0. The van der Waals surface area contributed by atoms with E-state index in [2.05, 4.69) is 15.2 Å². The van der Waals surface area contributed by atoms with Crippen molar-refractivity contribution >= 4 is 5.96 Å². The lowest BCUT2D eigenvalue weighted by molar-refractivity contribution is 0.349. The average molecular weight is 224 g/mol. The molecule has 0 unspecified atom stereocenters. The third-order valence-electron chi connectivity index (χ3n) is 3.60. The quantitative estimate of drug-likeness (QED) is 0.552. The van der Waals surface area contributed by atoms with Gasteiger partial charge in [-0.3, -0.25) is 4.99 Å². The Bertz CT molecular complexity index is 227. The van der Waals surface area contributed by atoms with Crippen LogP contribution in [0.4, 0.5) is 0 Å². The van der Waals surface area contributed by atoms with Gasteiger partial charge in [0.15, 0.2) is 5.96 Å². The van der Waals surface area contributed by atoms with E-state index >= 15 is 0 Å². The normalized spacial score (nSPS) is 24.1. The predicted octanol–water partition coefficient (Wildman–Crippen LogP) is 0.929. The highest BCUT2D eigenvalue weighted by molar-refractivity contribution is 5.78. The van der Waals surface area contributed by atoms with Crippen molar-refractivity contribution in [2.24, 2.45) is 10.7 Å². The van der Waals surface area contributed by atoms with Crippen LogP contribution < -0.4 is 11.1 Å². The molecule has 1 heterocycles. The van der Waals surface area contributed by atoms with Gasteiger partial charge in [-0.15, -0.1) is 0 Å². The van der Waals surface area contributed by atoms with Crippen molar-refractivity contribution in [2.75, 3.05) is 26.2 Å². The molecule has 2 rings (SSSR count). The van der Waals surface area contributed by atoms with Gasteiger partial charge < -0.3 is 16.0 Å². The molecule has 1 aliphatic carbocycles. The van der Waals surface area contributed by atoms with Crippen LogP contribution in [0.2, 0.25) is 0 Å². The van der Waals surface area contributed by atoms with Gasteiger partial charge in [0.25, 0.3) is 0 Å². The van der Waals surface area contributed by atoms with Gasteiger partial charge in [-0.1, -0.05) is 12.8 Å². The number of aliphatic imine (C=N–C) groups is 1. The summed E-state index contributed by atoms with van der Waals surface area (Å²) in [5.41, 5.74) is 5.86. The fourth-order valence-corrected chi connectivity index (χ4v) is 2.64. The van der Waals surface area contributed by atoms with Crippen LogP contribution in [0, 0.1) is 0 Å². The smallest absolute Gasteiger partial charge is 0.188 e. The standard InChI is InChI=1S/C12H24N4/c13-12(15-11-5-1-2-6-11)14-7-10-16-8-3-4-9-16/h11H,1-10H2,(H3,13,14,15). The van der Waals surface area contributed by atoms with Gasteiger partial charge in [0.05, 0.1) is 6.54 Å². The van der Waals surface area contributed by atoms with E-state index in [9.17, 15) is 0 Å². The SMILES string of the molecule is NC(=NCCN1CCCC1)NC1CCCC1. The lowest BCUT2D eigenvalue weighted by Crippen LogP contribution is -2.39. The zero-order valence-electron chi connectivity index (χ0n) is 10.1. The molecule has 4 heteroatoms. The molecule has 92 valence electrons. The van der Waals surface area contributed by atoms with Crippen LogP contribution >= 0.6 is 0 Å². The van der Waals surface area contributed by atoms with Crippen molar-refractivity contribution in [1.82, 2.24) is 10.2 Å². The number of likely N-dealkylation sites (tertiary alicyclic amines) is 1. The fourth-order valence-electron chi connectivity index (χ4n) is 2.64. The summed E-state index contributed by atoms with van der Waals surface area (Å²) in [5.74, 6) is 0.645. The van der Waals surface area contributed by atoms with E-state index in [-0.39, 0.29) is 0 Å². The lowest BCUT2D eigenvalue weighted by Gasteiger charge is -2.14. The van der Waals surface area contributed by atoms with Crippen molar-refractivity contribution in [3.8, 4) is 0 Å². The predicted molar refractivity (Wildman–Crippen MR) is 67.6 cm³/mol. The molecule has 0 atom stereocenters. The number of hydrogen-bond acceptors (Lipinski definition) is 2. The molecule has 0 aromatic rings. The molecule has 0 radical (unpaired) electrons. The van der Waals surface area contributed by atoms with E-state index in [0.717, 1.165) is 13.1 Å². The zero-order valence-corrected chi connectivity index (χ0v) is 10.1. The van der Waals surface area contributed by atoms with Gasteiger partial charge in [0, 0.05) is 12.6 Å². The summed E-state index contributed by atoms with van der Waals surface area (Å²) in [5, 5.41) is 3.31. The molecule has 16 heavy (non-hydrogen) atoms. The number of nitrogens with two attached hydrogens (primary N) is 1. The molecule has 1 saturated heterocycles. The van der Waals surface area contributed by atoms with Crippen LogP contribution in [0.1, 0.15) is 38.5 Å². The second-order valence-corrected chi connectivity index (χ2v) is 4.94. The first kappa shape index (κ1) is 11.7. The van der Waals surface area contributed by atoms with Gasteiger partial charge in [0.1, 0.15) is 0 Å². The molecule has 1 saturated carbocycles. The molecule has 0 aromatic carbocycles. The first-order chi connectivity index (χ1) is 7.84. The highest BCUT2D eigenvalue weighted by atomic mass is 15.2. The minimum absolute atomic E-state index is 0.579. The maximum atomic E-state index is 5.86. The van der Waals surface area contributed by atoms with Crippen LogP contribution in [0.15, 0.2) is 4.99 Å². The molecular weight excluding hydrogens is 200 g/mol. The molecule has 0 spiro atoms. The van der Waals surface area contributed by atoms with Crippen LogP contribution in [0.5, 0.6) is 0 Å². The summed E-state index contributed by atoms with van der Waals surface area (Å²) < 4.78 is 0. The molecule has 2 aliphatic rings. The summed E-state index contributed by atoms with van der Waals surface area (Å²) in [6.07, 6.45) is 7.86. The largest absolute Gasteiger partial charge is 0.370 e. The lowest BCUT2D eigenvalue weighted by atomic mass is 10.2. The van der Waals surface area contributed by atoms with E-state index in [0.29, 0.717) is 12.0 Å². The van der Waals surface area contributed by atoms with Crippen molar-refractivity contribution < 1.29 is 0 Å². The number of guanidine groups is 1. The number of nitrogens with zero attached hydrogens (tertiary/aromatic N) is 2. The Kier molecular flexibility index (Phi) is 4.45.